The third-order valence-corrected chi connectivity index (χ3v) is 3.68. The summed E-state index contributed by atoms with van der Waals surface area (Å²) >= 11 is 1.53. The molecule has 2 aromatic carbocycles. The SMILES string of the molecule is NC(N)=Nc1ccc(C(=O)Oc2ccc3scnc3c2)cc1. The zero-order valence-electron chi connectivity index (χ0n) is 11.4. The van der Waals surface area contributed by atoms with E-state index in [1.807, 2.05) is 6.07 Å². The zero-order chi connectivity index (χ0) is 15.5. The molecule has 0 radical (unpaired) electrons. The minimum absolute atomic E-state index is 0.0353. The lowest BCUT2D eigenvalue weighted by atomic mass is 10.2. The van der Waals surface area contributed by atoms with E-state index in [-0.39, 0.29) is 5.96 Å². The van der Waals surface area contributed by atoms with Crippen molar-refractivity contribution in [1.29, 1.82) is 0 Å². The van der Waals surface area contributed by atoms with E-state index in [1.165, 1.54) is 11.3 Å². The first-order chi connectivity index (χ1) is 10.6. The molecular formula is C15H12N4O2S. The zero-order valence-corrected chi connectivity index (χ0v) is 12.2. The molecular weight excluding hydrogens is 300 g/mol. The van der Waals surface area contributed by atoms with Crippen molar-refractivity contribution in [3.63, 3.8) is 0 Å². The van der Waals surface area contributed by atoms with Gasteiger partial charge in [0.15, 0.2) is 5.96 Å². The van der Waals surface area contributed by atoms with Gasteiger partial charge in [-0.05, 0) is 36.4 Å². The average molecular weight is 312 g/mol. The van der Waals surface area contributed by atoms with Crippen LogP contribution in [0.3, 0.4) is 0 Å². The predicted octanol–water partition coefficient (Wildman–Crippen LogP) is 2.42. The predicted molar refractivity (Wildman–Crippen MR) is 86.5 cm³/mol. The molecule has 0 saturated heterocycles. The molecule has 1 aromatic heterocycles. The summed E-state index contributed by atoms with van der Waals surface area (Å²) in [5, 5.41) is 0. The lowest BCUT2D eigenvalue weighted by molar-refractivity contribution is 0.0735. The van der Waals surface area contributed by atoms with E-state index in [0.717, 1.165) is 10.2 Å². The number of guanidine groups is 1. The van der Waals surface area contributed by atoms with Crippen LogP contribution in [0, 0.1) is 0 Å². The van der Waals surface area contributed by atoms with Crippen molar-refractivity contribution in [3.8, 4) is 5.75 Å². The number of hydrogen-bond donors (Lipinski definition) is 2. The largest absolute Gasteiger partial charge is 0.423 e. The molecule has 3 rings (SSSR count). The van der Waals surface area contributed by atoms with Crippen molar-refractivity contribution >= 4 is 39.2 Å². The molecule has 0 bridgehead atoms. The summed E-state index contributed by atoms with van der Waals surface area (Å²) in [6.45, 7) is 0. The summed E-state index contributed by atoms with van der Waals surface area (Å²) in [7, 11) is 0. The van der Waals surface area contributed by atoms with Crippen LogP contribution in [0.2, 0.25) is 0 Å². The number of fused-ring (bicyclic) bond motifs is 1. The van der Waals surface area contributed by atoms with Gasteiger partial charge in [-0.2, -0.15) is 0 Å². The Balaban J connectivity index is 1.77. The number of rotatable bonds is 3. The second-order valence-electron chi connectivity index (χ2n) is 4.45. The fraction of sp³-hybridized carbons (Fsp3) is 0. The number of aliphatic imine (C=N–C) groups is 1. The van der Waals surface area contributed by atoms with Gasteiger partial charge < -0.3 is 16.2 Å². The molecule has 4 N–H and O–H groups in total. The van der Waals surface area contributed by atoms with E-state index in [1.54, 1.807) is 41.9 Å². The number of ether oxygens (including phenoxy) is 1. The van der Waals surface area contributed by atoms with Gasteiger partial charge in [0.05, 0.1) is 27.0 Å². The van der Waals surface area contributed by atoms with Gasteiger partial charge in [-0.1, -0.05) is 0 Å². The number of hydrogen-bond acceptors (Lipinski definition) is 5. The van der Waals surface area contributed by atoms with Crippen LogP contribution in [0.1, 0.15) is 10.4 Å². The number of aromatic nitrogens is 1. The Kier molecular flexibility index (Phi) is 3.71. The molecule has 0 aliphatic carbocycles. The monoisotopic (exact) mass is 312 g/mol. The van der Waals surface area contributed by atoms with Crippen LogP contribution in [0.5, 0.6) is 5.75 Å². The smallest absolute Gasteiger partial charge is 0.343 e. The molecule has 0 atom stereocenters. The Morgan fingerprint density at radius 2 is 1.91 bits per heavy atom. The highest BCUT2D eigenvalue weighted by atomic mass is 32.1. The van der Waals surface area contributed by atoms with Gasteiger partial charge >= 0.3 is 5.97 Å². The maximum Gasteiger partial charge on any atom is 0.343 e. The highest BCUT2D eigenvalue weighted by molar-refractivity contribution is 7.16. The summed E-state index contributed by atoms with van der Waals surface area (Å²) in [5.41, 5.74) is 14.1. The molecule has 0 spiro atoms. The first-order valence-corrected chi connectivity index (χ1v) is 7.25. The van der Waals surface area contributed by atoms with Crippen LogP contribution in [-0.4, -0.2) is 16.9 Å². The lowest BCUT2D eigenvalue weighted by Crippen LogP contribution is -2.21. The topological polar surface area (TPSA) is 104 Å². The summed E-state index contributed by atoms with van der Waals surface area (Å²) in [4.78, 5) is 20.2. The minimum atomic E-state index is -0.453. The van der Waals surface area contributed by atoms with E-state index < -0.39 is 5.97 Å². The van der Waals surface area contributed by atoms with E-state index in [4.69, 9.17) is 16.2 Å². The number of nitrogens with two attached hydrogens (primary N) is 2. The Hall–Kier alpha value is -2.93. The molecule has 110 valence electrons. The third-order valence-electron chi connectivity index (χ3n) is 2.87. The first-order valence-electron chi connectivity index (χ1n) is 6.37. The molecule has 0 aliphatic heterocycles. The van der Waals surface area contributed by atoms with Gasteiger partial charge in [-0.25, -0.2) is 14.8 Å². The molecule has 0 unspecified atom stereocenters. The van der Waals surface area contributed by atoms with Gasteiger partial charge in [-0.3, -0.25) is 0 Å². The normalized spacial score (nSPS) is 10.4. The summed E-state index contributed by atoms with van der Waals surface area (Å²) < 4.78 is 6.38. The van der Waals surface area contributed by atoms with Crippen LogP contribution in [0.25, 0.3) is 10.2 Å². The number of carbonyl (C=O) groups excluding carboxylic acids is 1. The molecule has 0 amide bonds. The van der Waals surface area contributed by atoms with Gasteiger partial charge in [0.2, 0.25) is 0 Å². The molecule has 0 saturated carbocycles. The maximum atomic E-state index is 12.1. The van der Waals surface area contributed by atoms with Crippen LogP contribution in [0.4, 0.5) is 5.69 Å². The van der Waals surface area contributed by atoms with Crippen LogP contribution >= 0.6 is 11.3 Å². The fourth-order valence-electron chi connectivity index (χ4n) is 1.89. The van der Waals surface area contributed by atoms with Crippen molar-refractivity contribution in [1.82, 2.24) is 4.98 Å². The van der Waals surface area contributed by atoms with Crippen molar-refractivity contribution in [2.45, 2.75) is 0 Å². The molecule has 3 aromatic rings. The third kappa shape index (κ3) is 3.04. The van der Waals surface area contributed by atoms with Crippen molar-refractivity contribution in [3.05, 3.63) is 53.5 Å². The van der Waals surface area contributed by atoms with Crippen LogP contribution in [-0.2, 0) is 0 Å². The maximum absolute atomic E-state index is 12.1. The fourth-order valence-corrected chi connectivity index (χ4v) is 2.55. The van der Waals surface area contributed by atoms with Gasteiger partial charge in [0, 0.05) is 6.07 Å². The Morgan fingerprint density at radius 3 is 2.64 bits per heavy atom. The lowest BCUT2D eigenvalue weighted by Gasteiger charge is -2.04. The molecule has 1 heterocycles. The minimum Gasteiger partial charge on any atom is -0.423 e. The summed E-state index contributed by atoms with van der Waals surface area (Å²) in [6, 6.07) is 11.8. The second kappa shape index (κ2) is 5.82. The van der Waals surface area contributed by atoms with Gasteiger partial charge in [-0.15, -0.1) is 11.3 Å². The number of esters is 1. The summed E-state index contributed by atoms with van der Waals surface area (Å²) in [5.74, 6) is -0.0329. The van der Waals surface area contributed by atoms with Gasteiger partial charge in [0.25, 0.3) is 0 Å². The molecule has 6 nitrogen and oxygen atoms in total. The van der Waals surface area contributed by atoms with Crippen LogP contribution < -0.4 is 16.2 Å². The highest BCUT2D eigenvalue weighted by Gasteiger charge is 2.09. The number of carbonyl (C=O) groups is 1. The standard InChI is InChI=1S/C15H12N4O2S/c16-15(17)19-10-3-1-9(2-4-10)14(20)21-11-5-6-13-12(7-11)18-8-22-13/h1-8H,(H4,16,17,19). The quantitative estimate of drug-likeness (QED) is 0.334. The van der Waals surface area contributed by atoms with E-state index in [9.17, 15) is 4.79 Å². The molecule has 7 heteroatoms. The molecule has 0 fully saturated rings. The van der Waals surface area contributed by atoms with Crippen LogP contribution in [0.15, 0.2) is 53.0 Å². The van der Waals surface area contributed by atoms with Gasteiger partial charge in [0.1, 0.15) is 5.75 Å². The second-order valence-corrected chi connectivity index (χ2v) is 5.34. The highest BCUT2D eigenvalue weighted by Crippen LogP contribution is 2.23. The van der Waals surface area contributed by atoms with Crippen molar-refractivity contribution in [2.24, 2.45) is 16.5 Å². The molecule has 22 heavy (non-hydrogen) atoms. The number of benzene rings is 2. The van der Waals surface area contributed by atoms with Crippen molar-refractivity contribution < 1.29 is 9.53 Å². The Labute approximate surface area is 130 Å². The van der Waals surface area contributed by atoms with E-state index in [2.05, 4.69) is 9.98 Å². The van der Waals surface area contributed by atoms with Crippen molar-refractivity contribution in [2.75, 3.05) is 0 Å². The Bertz CT molecular complexity index is 851. The molecule has 0 aliphatic rings. The first kappa shape index (κ1) is 14.0. The average Bonchev–Trinajstić information content (AvgIpc) is 2.95. The summed E-state index contributed by atoms with van der Waals surface area (Å²) in [6.07, 6.45) is 0. The number of nitrogens with zero attached hydrogens (tertiary/aromatic N) is 2. The Morgan fingerprint density at radius 1 is 1.14 bits per heavy atom. The number of thiazole rings is 1. The van der Waals surface area contributed by atoms with E-state index in [0.29, 0.717) is 17.0 Å². The van der Waals surface area contributed by atoms with E-state index >= 15 is 0 Å².